The summed E-state index contributed by atoms with van der Waals surface area (Å²) in [5.74, 6) is -1.49. The van der Waals surface area contributed by atoms with Gasteiger partial charge in [0.2, 0.25) is 11.8 Å². The quantitative estimate of drug-likeness (QED) is 0.679. The smallest absolute Gasteiger partial charge is 0.408 e. The maximum absolute atomic E-state index is 12.1. The van der Waals surface area contributed by atoms with Gasteiger partial charge in [-0.05, 0) is 30.2 Å². The van der Waals surface area contributed by atoms with Gasteiger partial charge in [0, 0.05) is 16.8 Å². The number of aromatic nitrogens is 1. The van der Waals surface area contributed by atoms with Crippen LogP contribution in [-0.2, 0) is 22.6 Å². The van der Waals surface area contributed by atoms with Crippen molar-refractivity contribution < 1.29 is 14.0 Å². The average molecular weight is 388 g/mol. The summed E-state index contributed by atoms with van der Waals surface area (Å²) in [6.45, 7) is 1.53. The summed E-state index contributed by atoms with van der Waals surface area (Å²) < 4.78 is 6.26. The monoisotopic (exact) mass is 387 g/mol. The third kappa shape index (κ3) is 4.38. The third-order valence-electron chi connectivity index (χ3n) is 4.05. The van der Waals surface area contributed by atoms with E-state index in [0.717, 1.165) is 12.0 Å². The molecular formula is C19H18ClN3O4. The number of benzene rings is 2. The van der Waals surface area contributed by atoms with Crippen molar-refractivity contribution in [1.29, 1.82) is 0 Å². The minimum Gasteiger partial charge on any atom is -0.408 e. The van der Waals surface area contributed by atoms with Crippen LogP contribution in [0.1, 0.15) is 12.5 Å². The average Bonchev–Trinajstić information content (AvgIpc) is 2.95. The van der Waals surface area contributed by atoms with Crippen molar-refractivity contribution in [3.8, 4) is 0 Å². The van der Waals surface area contributed by atoms with Crippen LogP contribution in [0.3, 0.4) is 0 Å². The number of amides is 2. The molecule has 0 atom stereocenters. The maximum Gasteiger partial charge on any atom is 0.420 e. The highest BCUT2D eigenvalue weighted by atomic mass is 35.5. The molecular weight excluding hydrogens is 370 g/mol. The van der Waals surface area contributed by atoms with Crippen molar-refractivity contribution in [2.24, 2.45) is 0 Å². The van der Waals surface area contributed by atoms with Gasteiger partial charge < -0.3 is 15.1 Å². The predicted octanol–water partition coefficient (Wildman–Crippen LogP) is 2.57. The first-order valence-corrected chi connectivity index (χ1v) is 8.79. The molecule has 0 radical (unpaired) electrons. The summed E-state index contributed by atoms with van der Waals surface area (Å²) in [5, 5.41) is 5.70. The molecule has 0 aliphatic carbocycles. The van der Waals surface area contributed by atoms with Gasteiger partial charge in [-0.3, -0.25) is 14.2 Å². The van der Waals surface area contributed by atoms with Gasteiger partial charge in [0.25, 0.3) is 0 Å². The molecule has 3 aromatic rings. The molecule has 2 N–H and O–H groups in total. The number of carbonyl (C=O) groups is 2. The molecule has 3 rings (SSSR count). The molecule has 8 heteroatoms. The van der Waals surface area contributed by atoms with Gasteiger partial charge in [0.15, 0.2) is 5.58 Å². The summed E-state index contributed by atoms with van der Waals surface area (Å²) in [5.41, 5.74) is 2.48. The first kappa shape index (κ1) is 18.7. The molecule has 0 saturated heterocycles. The highest BCUT2D eigenvalue weighted by Gasteiger charge is 2.14. The van der Waals surface area contributed by atoms with Crippen LogP contribution in [0.5, 0.6) is 0 Å². The minimum absolute atomic E-state index is 0.201. The number of oxazole rings is 1. The van der Waals surface area contributed by atoms with Crippen LogP contribution in [0.25, 0.3) is 11.1 Å². The normalized spacial score (nSPS) is 10.7. The number of hydrogen-bond donors (Lipinski definition) is 2. The number of carbonyl (C=O) groups excluding carboxylic acids is 2. The van der Waals surface area contributed by atoms with Crippen LogP contribution in [0.2, 0.25) is 5.02 Å². The molecule has 0 unspecified atom stereocenters. The summed E-state index contributed by atoms with van der Waals surface area (Å²) >= 11 is 5.86. The van der Waals surface area contributed by atoms with E-state index in [4.69, 9.17) is 16.0 Å². The highest BCUT2D eigenvalue weighted by molar-refractivity contribution is 6.31. The predicted molar refractivity (Wildman–Crippen MR) is 103 cm³/mol. The van der Waals surface area contributed by atoms with E-state index in [1.807, 2.05) is 25.1 Å². The molecule has 0 saturated carbocycles. The zero-order valence-corrected chi connectivity index (χ0v) is 15.4. The molecule has 0 aliphatic rings. The number of anilines is 1. The maximum atomic E-state index is 12.1. The van der Waals surface area contributed by atoms with E-state index in [1.54, 1.807) is 18.2 Å². The van der Waals surface area contributed by atoms with Crippen LogP contribution in [-0.4, -0.2) is 22.9 Å². The lowest BCUT2D eigenvalue weighted by atomic mass is 10.1. The van der Waals surface area contributed by atoms with Crippen molar-refractivity contribution in [3.05, 3.63) is 63.6 Å². The Labute approximate surface area is 159 Å². The van der Waals surface area contributed by atoms with Crippen LogP contribution in [0.4, 0.5) is 5.69 Å². The summed E-state index contributed by atoms with van der Waals surface area (Å²) in [4.78, 5) is 36.1. The SMILES string of the molecule is CCc1ccccc1NC(=O)CNC(=O)Cn1c(=O)oc2cc(Cl)ccc21. The first-order chi connectivity index (χ1) is 13.0. The molecule has 0 spiro atoms. The third-order valence-corrected chi connectivity index (χ3v) is 4.29. The van der Waals surface area contributed by atoms with Crippen LogP contribution in [0.15, 0.2) is 51.7 Å². The fourth-order valence-corrected chi connectivity index (χ4v) is 2.88. The Morgan fingerprint density at radius 1 is 1.15 bits per heavy atom. The van der Waals surface area contributed by atoms with Crippen molar-refractivity contribution >= 4 is 40.2 Å². The summed E-state index contributed by atoms with van der Waals surface area (Å²) in [7, 11) is 0. The van der Waals surface area contributed by atoms with Gasteiger partial charge in [-0.25, -0.2) is 4.79 Å². The molecule has 2 amide bonds. The van der Waals surface area contributed by atoms with Gasteiger partial charge in [0.05, 0.1) is 12.1 Å². The van der Waals surface area contributed by atoms with E-state index in [-0.39, 0.29) is 19.0 Å². The number of nitrogens with zero attached hydrogens (tertiary/aromatic N) is 1. The molecule has 1 aromatic heterocycles. The van der Waals surface area contributed by atoms with Gasteiger partial charge in [-0.15, -0.1) is 0 Å². The minimum atomic E-state index is -0.663. The van der Waals surface area contributed by atoms with Crippen molar-refractivity contribution in [2.45, 2.75) is 19.9 Å². The number of halogens is 1. The number of fused-ring (bicyclic) bond motifs is 1. The standard InChI is InChI=1S/C19H18ClN3O4/c1-2-12-5-3-4-6-14(12)22-17(24)10-21-18(25)11-23-15-8-7-13(20)9-16(15)27-19(23)26/h3-9H,2,10-11H2,1H3,(H,21,25)(H,22,24). The molecule has 7 nitrogen and oxygen atoms in total. The molecule has 2 aromatic carbocycles. The molecule has 0 bridgehead atoms. The van der Waals surface area contributed by atoms with Crippen molar-refractivity contribution in [2.75, 3.05) is 11.9 Å². The lowest BCUT2D eigenvalue weighted by Gasteiger charge is -2.10. The Kier molecular flexibility index (Phi) is 5.61. The fraction of sp³-hybridized carbons (Fsp3) is 0.211. The second-order valence-electron chi connectivity index (χ2n) is 5.90. The first-order valence-electron chi connectivity index (χ1n) is 8.41. The fourth-order valence-electron chi connectivity index (χ4n) is 2.71. The Morgan fingerprint density at radius 3 is 2.70 bits per heavy atom. The van der Waals surface area contributed by atoms with E-state index in [1.165, 1.54) is 10.6 Å². The Morgan fingerprint density at radius 2 is 1.93 bits per heavy atom. The molecule has 27 heavy (non-hydrogen) atoms. The zero-order valence-electron chi connectivity index (χ0n) is 14.6. The van der Waals surface area contributed by atoms with Crippen molar-refractivity contribution in [1.82, 2.24) is 9.88 Å². The van der Waals surface area contributed by atoms with Gasteiger partial charge in [-0.2, -0.15) is 0 Å². The lowest BCUT2D eigenvalue weighted by Crippen LogP contribution is -2.36. The zero-order chi connectivity index (χ0) is 19.4. The molecule has 140 valence electrons. The van der Waals surface area contributed by atoms with Crippen LogP contribution in [0, 0.1) is 0 Å². The largest absolute Gasteiger partial charge is 0.420 e. The lowest BCUT2D eigenvalue weighted by molar-refractivity contribution is -0.124. The van der Waals surface area contributed by atoms with Gasteiger partial charge >= 0.3 is 5.76 Å². The second-order valence-corrected chi connectivity index (χ2v) is 6.34. The Bertz CT molecular complexity index is 1050. The van der Waals surface area contributed by atoms with E-state index in [0.29, 0.717) is 21.8 Å². The molecule has 1 heterocycles. The summed E-state index contributed by atoms with van der Waals surface area (Å²) in [6, 6.07) is 12.2. The van der Waals surface area contributed by atoms with Crippen molar-refractivity contribution in [3.63, 3.8) is 0 Å². The molecule has 0 fully saturated rings. The van der Waals surface area contributed by atoms with E-state index in [2.05, 4.69) is 10.6 Å². The van der Waals surface area contributed by atoms with E-state index in [9.17, 15) is 14.4 Å². The topological polar surface area (TPSA) is 93.3 Å². The number of para-hydroxylation sites is 1. The van der Waals surface area contributed by atoms with Gasteiger partial charge in [0.1, 0.15) is 6.54 Å². The highest BCUT2D eigenvalue weighted by Crippen LogP contribution is 2.18. The van der Waals surface area contributed by atoms with Crippen LogP contribution >= 0.6 is 11.6 Å². The Balaban J connectivity index is 1.61. The molecule has 0 aliphatic heterocycles. The van der Waals surface area contributed by atoms with Gasteiger partial charge in [-0.1, -0.05) is 36.7 Å². The number of rotatable bonds is 6. The second kappa shape index (κ2) is 8.09. The van der Waals surface area contributed by atoms with Crippen LogP contribution < -0.4 is 16.4 Å². The summed E-state index contributed by atoms with van der Waals surface area (Å²) in [6.07, 6.45) is 0.781. The van der Waals surface area contributed by atoms with E-state index >= 15 is 0 Å². The number of nitrogens with one attached hydrogen (secondary N) is 2. The Hall–Kier alpha value is -3.06. The van der Waals surface area contributed by atoms with E-state index < -0.39 is 11.7 Å². The number of aryl methyl sites for hydroxylation is 1. The number of hydrogen-bond acceptors (Lipinski definition) is 4.